The van der Waals surface area contributed by atoms with Gasteiger partial charge in [-0.3, -0.25) is 10.1 Å². The van der Waals surface area contributed by atoms with Gasteiger partial charge in [-0.1, -0.05) is 30.3 Å². The zero-order valence-corrected chi connectivity index (χ0v) is 14.2. The second kappa shape index (κ2) is 7.28. The second-order valence-electron chi connectivity index (χ2n) is 5.96. The maximum absolute atomic E-state index is 12.3. The van der Waals surface area contributed by atoms with Crippen LogP contribution < -0.4 is 10.6 Å². The van der Waals surface area contributed by atoms with Crippen molar-refractivity contribution in [3.8, 4) is 0 Å². The lowest BCUT2D eigenvalue weighted by Gasteiger charge is -2.19. The Morgan fingerprint density at radius 2 is 1.83 bits per heavy atom. The molecule has 6 heteroatoms. The van der Waals surface area contributed by atoms with Crippen LogP contribution in [0.1, 0.15) is 36.7 Å². The molecule has 0 radical (unpaired) electrons. The molecule has 2 aromatic rings. The van der Waals surface area contributed by atoms with Crippen molar-refractivity contribution in [2.24, 2.45) is 0 Å². The minimum absolute atomic E-state index is 0.235. The predicted octanol–water partition coefficient (Wildman–Crippen LogP) is 4.03. The van der Waals surface area contributed by atoms with E-state index < -0.39 is 11.7 Å². The summed E-state index contributed by atoms with van der Waals surface area (Å²) in [6.45, 7) is 5.79. The standard InChI is InChI=1S/C17H20N2O3S/c1-17(2,3)22-16(21)19-15-13(9-10-23-15)14(20)18-11-12-7-5-4-6-8-12/h4-10H,11H2,1-3H3,(H,18,20)(H,19,21). The van der Waals surface area contributed by atoms with Gasteiger partial charge in [0.2, 0.25) is 0 Å². The van der Waals surface area contributed by atoms with E-state index in [1.54, 1.807) is 32.2 Å². The fraction of sp³-hybridized carbons (Fsp3) is 0.294. The first kappa shape index (κ1) is 17.0. The van der Waals surface area contributed by atoms with Crippen LogP contribution in [-0.2, 0) is 11.3 Å². The van der Waals surface area contributed by atoms with Gasteiger partial charge in [0.25, 0.3) is 5.91 Å². The van der Waals surface area contributed by atoms with Gasteiger partial charge < -0.3 is 10.1 Å². The van der Waals surface area contributed by atoms with Crippen LogP contribution in [0, 0.1) is 0 Å². The number of anilines is 1. The van der Waals surface area contributed by atoms with Crippen LogP contribution in [0.15, 0.2) is 41.8 Å². The van der Waals surface area contributed by atoms with Gasteiger partial charge in [0.05, 0.1) is 5.56 Å². The second-order valence-corrected chi connectivity index (χ2v) is 6.87. The molecular formula is C17H20N2O3S. The summed E-state index contributed by atoms with van der Waals surface area (Å²) in [6.07, 6.45) is -0.572. The SMILES string of the molecule is CC(C)(C)OC(=O)Nc1sccc1C(=O)NCc1ccccc1. The molecule has 0 bridgehead atoms. The van der Waals surface area contributed by atoms with Gasteiger partial charge in [0.15, 0.2) is 0 Å². The summed E-state index contributed by atoms with van der Waals surface area (Å²) < 4.78 is 5.20. The largest absolute Gasteiger partial charge is 0.444 e. The molecule has 0 saturated carbocycles. The number of rotatable bonds is 4. The fourth-order valence-corrected chi connectivity index (χ4v) is 2.62. The van der Waals surface area contributed by atoms with Crippen molar-refractivity contribution in [3.05, 3.63) is 52.9 Å². The summed E-state index contributed by atoms with van der Waals surface area (Å²) in [5.41, 5.74) is 0.853. The molecule has 2 amide bonds. The number of nitrogens with one attached hydrogen (secondary N) is 2. The normalized spacial score (nSPS) is 10.9. The van der Waals surface area contributed by atoms with E-state index in [0.29, 0.717) is 17.1 Å². The molecule has 1 aromatic carbocycles. The van der Waals surface area contributed by atoms with Crippen molar-refractivity contribution in [3.63, 3.8) is 0 Å². The lowest BCUT2D eigenvalue weighted by atomic mass is 10.2. The fourth-order valence-electron chi connectivity index (χ4n) is 1.85. The topological polar surface area (TPSA) is 67.4 Å². The molecule has 0 atom stereocenters. The lowest BCUT2D eigenvalue weighted by molar-refractivity contribution is 0.0636. The van der Waals surface area contributed by atoms with Crippen LogP contribution in [-0.4, -0.2) is 17.6 Å². The first-order chi connectivity index (χ1) is 10.8. The lowest BCUT2D eigenvalue weighted by Crippen LogP contribution is -2.28. The van der Waals surface area contributed by atoms with E-state index in [1.165, 1.54) is 11.3 Å². The minimum atomic E-state index is -0.586. The third kappa shape index (κ3) is 5.41. The number of carbonyl (C=O) groups is 2. The Balaban J connectivity index is 1.97. The van der Waals surface area contributed by atoms with Crippen molar-refractivity contribution >= 4 is 28.3 Å². The van der Waals surface area contributed by atoms with Crippen LogP contribution >= 0.6 is 11.3 Å². The van der Waals surface area contributed by atoms with Crippen molar-refractivity contribution in [2.45, 2.75) is 32.9 Å². The average Bonchev–Trinajstić information content (AvgIpc) is 2.92. The Morgan fingerprint density at radius 1 is 1.13 bits per heavy atom. The van der Waals surface area contributed by atoms with Gasteiger partial charge in [0.1, 0.15) is 10.6 Å². The molecule has 5 nitrogen and oxygen atoms in total. The van der Waals surface area contributed by atoms with Gasteiger partial charge >= 0.3 is 6.09 Å². The van der Waals surface area contributed by atoms with E-state index in [2.05, 4.69) is 10.6 Å². The molecule has 0 spiro atoms. The summed E-state index contributed by atoms with van der Waals surface area (Å²) in [6, 6.07) is 11.3. The number of carbonyl (C=O) groups excluding carboxylic acids is 2. The molecule has 0 aliphatic rings. The van der Waals surface area contributed by atoms with Crippen molar-refractivity contribution < 1.29 is 14.3 Å². The maximum atomic E-state index is 12.3. The van der Waals surface area contributed by atoms with Crippen LogP contribution in [0.3, 0.4) is 0 Å². The van der Waals surface area contributed by atoms with Gasteiger partial charge in [-0.25, -0.2) is 4.79 Å². The summed E-state index contributed by atoms with van der Waals surface area (Å²) in [4.78, 5) is 24.1. The summed E-state index contributed by atoms with van der Waals surface area (Å²) >= 11 is 1.28. The zero-order valence-electron chi connectivity index (χ0n) is 13.4. The van der Waals surface area contributed by atoms with Crippen LogP contribution in [0.2, 0.25) is 0 Å². The van der Waals surface area contributed by atoms with Crippen LogP contribution in [0.4, 0.5) is 9.80 Å². The van der Waals surface area contributed by atoms with Gasteiger partial charge in [-0.15, -0.1) is 11.3 Å². The number of amides is 2. The molecule has 23 heavy (non-hydrogen) atoms. The zero-order chi connectivity index (χ0) is 16.9. The minimum Gasteiger partial charge on any atom is -0.444 e. The molecule has 1 aromatic heterocycles. The average molecular weight is 332 g/mol. The van der Waals surface area contributed by atoms with Crippen LogP contribution in [0.25, 0.3) is 0 Å². The summed E-state index contributed by atoms with van der Waals surface area (Å²) in [7, 11) is 0. The van der Waals surface area contributed by atoms with E-state index in [9.17, 15) is 9.59 Å². The van der Waals surface area contributed by atoms with Gasteiger partial charge in [-0.05, 0) is 37.8 Å². The monoisotopic (exact) mass is 332 g/mol. The maximum Gasteiger partial charge on any atom is 0.412 e. The Labute approximate surface area is 139 Å². The molecule has 0 aliphatic carbocycles. The highest BCUT2D eigenvalue weighted by molar-refractivity contribution is 7.14. The molecule has 0 fully saturated rings. The molecule has 0 unspecified atom stereocenters. The molecule has 0 aliphatic heterocycles. The molecule has 2 N–H and O–H groups in total. The van der Waals surface area contributed by atoms with Gasteiger partial charge in [0, 0.05) is 6.54 Å². The molecule has 0 saturated heterocycles. The highest BCUT2D eigenvalue weighted by Gasteiger charge is 2.19. The van der Waals surface area contributed by atoms with E-state index in [1.807, 2.05) is 30.3 Å². The Morgan fingerprint density at radius 3 is 2.48 bits per heavy atom. The third-order valence-electron chi connectivity index (χ3n) is 2.82. The summed E-state index contributed by atoms with van der Waals surface area (Å²) in [5.74, 6) is -0.235. The third-order valence-corrected chi connectivity index (χ3v) is 3.65. The number of ether oxygens (including phenoxy) is 1. The van der Waals surface area contributed by atoms with Crippen molar-refractivity contribution in [1.82, 2.24) is 5.32 Å². The van der Waals surface area contributed by atoms with E-state index in [-0.39, 0.29) is 5.91 Å². The number of hydrogen-bond acceptors (Lipinski definition) is 4. The number of benzene rings is 1. The Kier molecular flexibility index (Phi) is 5.39. The smallest absolute Gasteiger partial charge is 0.412 e. The highest BCUT2D eigenvalue weighted by atomic mass is 32.1. The number of thiophene rings is 1. The van der Waals surface area contributed by atoms with Gasteiger partial charge in [-0.2, -0.15) is 0 Å². The Hall–Kier alpha value is -2.34. The molecule has 1 heterocycles. The molecular weight excluding hydrogens is 312 g/mol. The van der Waals surface area contributed by atoms with E-state index in [4.69, 9.17) is 4.74 Å². The summed E-state index contributed by atoms with van der Waals surface area (Å²) in [5, 5.41) is 7.69. The highest BCUT2D eigenvalue weighted by Crippen LogP contribution is 2.24. The predicted molar refractivity (Wildman–Crippen MR) is 91.8 cm³/mol. The van der Waals surface area contributed by atoms with Crippen molar-refractivity contribution in [1.29, 1.82) is 0 Å². The molecule has 2 rings (SSSR count). The van der Waals surface area contributed by atoms with E-state index in [0.717, 1.165) is 5.56 Å². The number of hydrogen-bond donors (Lipinski definition) is 2. The first-order valence-corrected chi connectivity index (χ1v) is 8.13. The first-order valence-electron chi connectivity index (χ1n) is 7.25. The Bertz CT molecular complexity index is 675. The quantitative estimate of drug-likeness (QED) is 0.888. The van der Waals surface area contributed by atoms with Crippen molar-refractivity contribution in [2.75, 3.05) is 5.32 Å². The molecule has 122 valence electrons. The van der Waals surface area contributed by atoms with Crippen LogP contribution in [0.5, 0.6) is 0 Å². The van der Waals surface area contributed by atoms with E-state index >= 15 is 0 Å².